The molecule has 25 heavy (non-hydrogen) atoms. The quantitative estimate of drug-likeness (QED) is 0.794. The summed E-state index contributed by atoms with van der Waals surface area (Å²) in [6.45, 7) is 5.82. The van der Waals surface area contributed by atoms with Crippen molar-refractivity contribution in [3.05, 3.63) is 34.2 Å². The fourth-order valence-electron chi connectivity index (χ4n) is 2.76. The molecule has 1 N–H and O–H groups in total. The highest BCUT2D eigenvalue weighted by molar-refractivity contribution is 8.00. The van der Waals surface area contributed by atoms with Crippen molar-refractivity contribution in [3.63, 3.8) is 0 Å². The van der Waals surface area contributed by atoms with Crippen LogP contribution in [0.1, 0.15) is 18.7 Å². The van der Waals surface area contributed by atoms with Crippen LogP contribution in [0.5, 0.6) is 0 Å². The Morgan fingerprint density at radius 3 is 2.92 bits per heavy atom. The molecule has 1 atom stereocenters. The van der Waals surface area contributed by atoms with E-state index in [1.165, 1.54) is 11.3 Å². The molecule has 1 fully saturated rings. The second-order valence-electron chi connectivity index (χ2n) is 6.21. The second kappa shape index (κ2) is 6.97. The number of amides is 2. The summed E-state index contributed by atoms with van der Waals surface area (Å²) in [5, 5.41) is 4.02. The molecule has 8 heteroatoms. The molecule has 1 aromatic carbocycles. The Bertz CT molecular complexity index is 822. The minimum absolute atomic E-state index is 0.212. The van der Waals surface area contributed by atoms with Crippen LogP contribution in [0, 0.1) is 6.92 Å². The van der Waals surface area contributed by atoms with E-state index in [2.05, 4.69) is 10.3 Å². The second-order valence-corrected chi connectivity index (χ2v) is 9.47. The molecule has 1 aliphatic heterocycles. The molecule has 2 amide bonds. The highest BCUT2D eigenvalue weighted by Crippen LogP contribution is 2.38. The summed E-state index contributed by atoms with van der Waals surface area (Å²) in [5.74, 6) is 0.361. The fourth-order valence-corrected chi connectivity index (χ4v) is 4.98. The predicted octanol–water partition coefficient (Wildman–Crippen LogP) is 4.02. The van der Waals surface area contributed by atoms with Gasteiger partial charge in [0.05, 0.1) is 10.6 Å². The molecule has 1 aliphatic rings. The van der Waals surface area contributed by atoms with E-state index in [4.69, 9.17) is 11.6 Å². The Balaban J connectivity index is 1.79. The maximum Gasteiger partial charge on any atom is 0.249 e. The van der Waals surface area contributed by atoms with E-state index in [9.17, 15) is 9.59 Å². The lowest BCUT2D eigenvalue weighted by Crippen LogP contribution is -2.47. The number of carbonyl (C=O) groups is 2. The Hall–Kier alpha value is -1.57. The standard InChI is InChI=1S/C17H18ClN3O2S2/c1-10-14(11-5-4-6-12(18)7-11)19-16(25-10)20-15(23)13-8-24-17(2,3)21(13)9-22/h4-7,9,13H,8H2,1-3H3,(H,19,20,23). The molecule has 2 aromatic rings. The monoisotopic (exact) mass is 395 g/mol. The molecule has 0 radical (unpaired) electrons. The van der Waals surface area contributed by atoms with Crippen molar-refractivity contribution in [2.75, 3.05) is 11.1 Å². The third kappa shape index (κ3) is 3.68. The zero-order valence-corrected chi connectivity index (χ0v) is 16.5. The molecule has 1 unspecified atom stereocenters. The number of thiazole rings is 1. The first-order valence-electron chi connectivity index (χ1n) is 7.74. The van der Waals surface area contributed by atoms with Gasteiger partial charge in [-0.1, -0.05) is 23.7 Å². The first kappa shape index (κ1) is 18.2. The van der Waals surface area contributed by atoms with Crippen LogP contribution in [0.15, 0.2) is 24.3 Å². The molecule has 0 saturated carbocycles. The normalized spacial score (nSPS) is 19.0. The Morgan fingerprint density at radius 1 is 1.48 bits per heavy atom. The van der Waals surface area contributed by atoms with Crippen LogP contribution in [0.4, 0.5) is 5.13 Å². The lowest BCUT2D eigenvalue weighted by Gasteiger charge is -2.29. The molecule has 3 rings (SSSR count). The third-order valence-corrected chi connectivity index (χ3v) is 6.61. The Labute approximate surface area is 159 Å². The van der Waals surface area contributed by atoms with E-state index in [0.29, 0.717) is 15.9 Å². The molecule has 1 saturated heterocycles. The molecule has 1 aromatic heterocycles. The third-order valence-electron chi connectivity index (χ3n) is 4.09. The molecular weight excluding hydrogens is 378 g/mol. The van der Waals surface area contributed by atoms with Crippen molar-refractivity contribution < 1.29 is 9.59 Å². The molecule has 0 bridgehead atoms. The molecule has 132 valence electrons. The number of rotatable bonds is 4. The summed E-state index contributed by atoms with van der Waals surface area (Å²) in [5.41, 5.74) is 1.71. The lowest BCUT2D eigenvalue weighted by molar-refractivity contribution is -0.130. The van der Waals surface area contributed by atoms with Gasteiger partial charge < -0.3 is 10.2 Å². The maximum atomic E-state index is 12.6. The SMILES string of the molecule is Cc1sc(NC(=O)C2CSC(C)(C)N2C=O)nc1-c1cccc(Cl)c1. The van der Waals surface area contributed by atoms with E-state index in [1.807, 2.05) is 45.0 Å². The van der Waals surface area contributed by atoms with Crippen LogP contribution >= 0.6 is 34.7 Å². The number of nitrogens with one attached hydrogen (secondary N) is 1. The van der Waals surface area contributed by atoms with Crippen molar-refractivity contribution >= 4 is 52.1 Å². The number of nitrogens with zero attached hydrogens (tertiary/aromatic N) is 2. The van der Waals surface area contributed by atoms with Gasteiger partial charge in [0.25, 0.3) is 0 Å². The number of aromatic nitrogens is 1. The van der Waals surface area contributed by atoms with Gasteiger partial charge in [-0.2, -0.15) is 0 Å². The van der Waals surface area contributed by atoms with Gasteiger partial charge in [0.2, 0.25) is 12.3 Å². The van der Waals surface area contributed by atoms with Gasteiger partial charge in [-0.25, -0.2) is 4.98 Å². The van der Waals surface area contributed by atoms with Crippen LogP contribution in [0.3, 0.4) is 0 Å². The minimum Gasteiger partial charge on any atom is -0.318 e. The number of anilines is 1. The average Bonchev–Trinajstić information content (AvgIpc) is 3.06. The number of carbonyl (C=O) groups excluding carboxylic acids is 2. The van der Waals surface area contributed by atoms with Gasteiger partial charge in [0.15, 0.2) is 5.13 Å². The van der Waals surface area contributed by atoms with Crippen LogP contribution in [0.2, 0.25) is 5.02 Å². The summed E-state index contributed by atoms with van der Waals surface area (Å²) in [6.07, 6.45) is 0.745. The predicted molar refractivity (Wildman–Crippen MR) is 104 cm³/mol. The van der Waals surface area contributed by atoms with E-state index in [0.717, 1.165) is 22.5 Å². The van der Waals surface area contributed by atoms with Crippen LogP contribution in [0.25, 0.3) is 11.3 Å². The van der Waals surface area contributed by atoms with Gasteiger partial charge in [0, 0.05) is 21.2 Å². The molecule has 0 aliphatic carbocycles. The number of hydrogen-bond donors (Lipinski definition) is 1. The van der Waals surface area contributed by atoms with Crippen LogP contribution in [-0.4, -0.2) is 38.9 Å². The summed E-state index contributed by atoms with van der Waals surface area (Å²) in [6, 6.07) is 6.97. The summed E-state index contributed by atoms with van der Waals surface area (Å²) >= 11 is 9.05. The molecule has 0 spiro atoms. The Morgan fingerprint density at radius 2 is 2.24 bits per heavy atom. The van der Waals surface area contributed by atoms with E-state index in [-0.39, 0.29) is 10.8 Å². The lowest BCUT2D eigenvalue weighted by atomic mass is 10.1. The maximum absolute atomic E-state index is 12.6. The highest BCUT2D eigenvalue weighted by Gasteiger charge is 2.43. The number of benzene rings is 1. The van der Waals surface area contributed by atoms with Gasteiger partial charge in [-0.3, -0.25) is 9.59 Å². The number of hydrogen-bond acceptors (Lipinski definition) is 5. The molecule has 2 heterocycles. The number of halogens is 1. The van der Waals surface area contributed by atoms with Gasteiger partial charge in [-0.05, 0) is 32.9 Å². The first-order valence-corrected chi connectivity index (χ1v) is 9.92. The highest BCUT2D eigenvalue weighted by atomic mass is 35.5. The zero-order chi connectivity index (χ0) is 18.2. The summed E-state index contributed by atoms with van der Waals surface area (Å²) in [7, 11) is 0. The van der Waals surface area contributed by atoms with E-state index < -0.39 is 6.04 Å². The number of thioether (sulfide) groups is 1. The largest absolute Gasteiger partial charge is 0.318 e. The number of aryl methyl sites for hydroxylation is 1. The fraction of sp³-hybridized carbons (Fsp3) is 0.353. The zero-order valence-electron chi connectivity index (χ0n) is 14.1. The smallest absolute Gasteiger partial charge is 0.249 e. The van der Waals surface area contributed by atoms with Crippen LogP contribution in [-0.2, 0) is 9.59 Å². The topological polar surface area (TPSA) is 62.3 Å². The molecule has 5 nitrogen and oxygen atoms in total. The minimum atomic E-state index is -0.490. The molecular formula is C17H18ClN3O2S2. The van der Waals surface area contributed by atoms with E-state index >= 15 is 0 Å². The van der Waals surface area contributed by atoms with Gasteiger partial charge in [-0.15, -0.1) is 23.1 Å². The van der Waals surface area contributed by atoms with E-state index in [1.54, 1.807) is 16.7 Å². The van der Waals surface area contributed by atoms with Crippen molar-refractivity contribution in [3.8, 4) is 11.3 Å². The van der Waals surface area contributed by atoms with Crippen molar-refractivity contribution in [1.29, 1.82) is 0 Å². The van der Waals surface area contributed by atoms with Gasteiger partial charge >= 0.3 is 0 Å². The van der Waals surface area contributed by atoms with Crippen molar-refractivity contribution in [2.45, 2.75) is 31.7 Å². The summed E-state index contributed by atoms with van der Waals surface area (Å²) < 4.78 is 0. The van der Waals surface area contributed by atoms with Crippen molar-refractivity contribution in [2.24, 2.45) is 0 Å². The van der Waals surface area contributed by atoms with Gasteiger partial charge in [0.1, 0.15) is 6.04 Å². The average molecular weight is 396 g/mol. The summed E-state index contributed by atoms with van der Waals surface area (Å²) in [4.78, 5) is 30.7. The van der Waals surface area contributed by atoms with Crippen molar-refractivity contribution in [1.82, 2.24) is 9.88 Å². The van der Waals surface area contributed by atoms with Crippen LogP contribution < -0.4 is 5.32 Å². The Kier molecular flexibility index (Phi) is 5.09. The first-order chi connectivity index (χ1) is 11.8.